The van der Waals surface area contributed by atoms with Crippen molar-refractivity contribution in [1.82, 2.24) is 5.32 Å². The molecule has 1 aromatic rings. The highest BCUT2D eigenvalue weighted by molar-refractivity contribution is 6.10. The maximum absolute atomic E-state index is 12.2. The molecule has 1 amide bonds. The van der Waals surface area contributed by atoms with Crippen LogP contribution in [0.15, 0.2) is 35.3 Å². The van der Waals surface area contributed by atoms with Gasteiger partial charge in [-0.3, -0.25) is 9.79 Å². The molecule has 1 saturated heterocycles. The van der Waals surface area contributed by atoms with Gasteiger partial charge in [-0.05, 0) is 24.3 Å². The fourth-order valence-corrected chi connectivity index (χ4v) is 3.25. The minimum absolute atomic E-state index is 0.0294. The van der Waals surface area contributed by atoms with Crippen LogP contribution in [0.3, 0.4) is 0 Å². The summed E-state index contributed by atoms with van der Waals surface area (Å²) in [4.78, 5) is 16.9. The quantitative estimate of drug-likeness (QED) is 0.927. The number of carbonyl (C=O) groups is 1. The van der Waals surface area contributed by atoms with E-state index in [4.69, 9.17) is 9.73 Å². The third-order valence-electron chi connectivity index (χ3n) is 4.54. The molecule has 0 radical (unpaired) electrons. The molecule has 1 unspecified atom stereocenters. The summed E-state index contributed by atoms with van der Waals surface area (Å²) in [6.07, 6.45) is 1.72. The van der Waals surface area contributed by atoms with Crippen molar-refractivity contribution in [2.24, 2.45) is 10.9 Å². The molecular formula is C17H22N2O2. The lowest BCUT2D eigenvalue weighted by molar-refractivity contribution is -0.120. The number of amidine groups is 1. The van der Waals surface area contributed by atoms with Crippen molar-refractivity contribution in [3.63, 3.8) is 0 Å². The molecule has 4 nitrogen and oxygen atoms in total. The van der Waals surface area contributed by atoms with Crippen LogP contribution in [0.2, 0.25) is 0 Å². The van der Waals surface area contributed by atoms with Crippen molar-refractivity contribution in [2.45, 2.75) is 38.1 Å². The minimum Gasteiger partial charge on any atom is -0.381 e. The Morgan fingerprint density at radius 1 is 1.24 bits per heavy atom. The van der Waals surface area contributed by atoms with E-state index in [9.17, 15) is 4.79 Å². The Balaban J connectivity index is 2.01. The molecule has 21 heavy (non-hydrogen) atoms. The van der Waals surface area contributed by atoms with E-state index < -0.39 is 0 Å². The highest BCUT2D eigenvalue weighted by atomic mass is 16.5. The summed E-state index contributed by atoms with van der Waals surface area (Å²) in [7, 11) is 0. The smallest absolute Gasteiger partial charge is 0.250 e. The maximum atomic E-state index is 12.2. The van der Waals surface area contributed by atoms with Crippen LogP contribution in [0.1, 0.15) is 32.3 Å². The molecule has 1 atom stereocenters. The van der Waals surface area contributed by atoms with Crippen molar-refractivity contribution in [1.29, 1.82) is 0 Å². The molecule has 2 aliphatic heterocycles. The van der Waals surface area contributed by atoms with Crippen LogP contribution in [-0.2, 0) is 14.9 Å². The van der Waals surface area contributed by atoms with Crippen LogP contribution in [0, 0.1) is 5.92 Å². The van der Waals surface area contributed by atoms with Gasteiger partial charge in [0.2, 0.25) is 5.91 Å². The molecule has 1 aromatic carbocycles. The summed E-state index contributed by atoms with van der Waals surface area (Å²) < 4.78 is 5.54. The van der Waals surface area contributed by atoms with Crippen molar-refractivity contribution >= 4 is 11.7 Å². The Hall–Kier alpha value is -1.68. The van der Waals surface area contributed by atoms with Crippen molar-refractivity contribution in [3.8, 4) is 0 Å². The Morgan fingerprint density at radius 2 is 1.90 bits per heavy atom. The highest BCUT2D eigenvalue weighted by Gasteiger charge is 2.44. The van der Waals surface area contributed by atoms with E-state index in [1.807, 2.05) is 32.0 Å². The van der Waals surface area contributed by atoms with Gasteiger partial charge in [0.15, 0.2) is 0 Å². The van der Waals surface area contributed by atoms with Gasteiger partial charge in [-0.1, -0.05) is 44.2 Å². The summed E-state index contributed by atoms with van der Waals surface area (Å²) in [5, 5.41) is 3.05. The molecule has 112 valence electrons. The molecule has 1 N–H and O–H groups in total. The van der Waals surface area contributed by atoms with Crippen LogP contribution in [0.4, 0.5) is 0 Å². The molecular weight excluding hydrogens is 264 g/mol. The predicted molar refractivity (Wildman–Crippen MR) is 82.4 cm³/mol. The summed E-state index contributed by atoms with van der Waals surface area (Å²) in [5.74, 6) is 1.08. The van der Waals surface area contributed by atoms with Gasteiger partial charge in [0.05, 0.1) is 5.41 Å². The van der Waals surface area contributed by atoms with Gasteiger partial charge in [0, 0.05) is 13.2 Å². The molecule has 0 aromatic heterocycles. The van der Waals surface area contributed by atoms with E-state index in [2.05, 4.69) is 17.4 Å². The van der Waals surface area contributed by atoms with E-state index in [1.165, 1.54) is 5.56 Å². The van der Waals surface area contributed by atoms with Gasteiger partial charge in [0.25, 0.3) is 0 Å². The molecule has 0 saturated carbocycles. The molecule has 0 bridgehead atoms. The average molecular weight is 286 g/mol. The van der Waals surface area contributed by atoms with Crippen molar-refractivity contribution < 1.29 is 9.53 Å². The second-order valence-corrected chi connectivity index (χ2v) is 6.22. The molecule has 2 aliphatic rings. The lowest BCUT2D eigenvalue weighted by Crippen LogP contribution is -2.47. The number of carbonyl (C=O) groups excluding carboxylic acids is 1. The second-order valence-electron chi connectivity index (χ2n) is 6.22. The SMILES string of the molecule is CC(C)C1N=C(C2(c3ccccc3)CCOCC2)NC1=O. The zero-order valence-electron chi connectivity index (χ0n) is 12.6. The average Bonchev–Trinajstić information content (AvgIpc) is 2.91. The fraction of sp³-hybridized carbons (Fsp3) is 0.529. The Bertz CT molecular complexity index is 545. The monoisotopic (exact) mass is 286 g/mol. The number of nitrogens with one attached hydrogen (secondary N) is 1. The third kappa shape index (κ3) is 2.48. The fourth-order valence-electron chi connectivity index (χ4n) is 3.25. The zero-order valence-corrected chi connectivity index (χ0v) is 12.6. The first-order valence-electron chi connectivity index (χ1n) is 7.66. The van der Waals surface area contributed by atoms with Gasteiger partial charge < -0.3 is 10.1 Å². The Kier molecular flexibility index (Phi) is 3.81. The van der Waals surface area contributed by atoms with Gasteiger partial charge in [-0.15, -0.1) is 0 Å². The minimum atomic E-state index is -0.261. The number of hydrogen-bond acceptors (Lipinski definition) is 3. The number of benzene rings is 1. The van der Waals surface area contributed by atoms with Gasteiger partial charge in [-0.2, -0.15) is 0 Å². The van der Waals surface area contributed by atoms with E-state index >= 15 is 0 Å². The first-order valence-corrected chi connectivity index (χ1v) is 7.66. The number of nitrogens with zero attached hydrogens (tertiary/aromatic N) is 1. The van der Waals surface area contributed by atoms with Gasteiger partial charge in [-0.25, -0.2) is 0 Å². The van der Waals surface area contributed by atoms with Crippen LogP contribution >= 0.6 is 0 Å². The third-order valence-corrected chi connectivity index (χ3v) is 4.54. The number of ether oxygens (including phenoxy) is 1. The molecule has 4 heteroatoms. The molecule has 1 fully saturated rings. The normalized spacial score (nSPS) is 24.8. The van der Waals surface area contributed by atoms with E-state index in [1.54, 1.807) is 0 Å². The lowest BCUT2D eigenvalue weighted by atomic mass is 9.73. The molecule has 2 heterocycles. The van der Waals surface area contributed by atoms with E-state index in [0.29, 0.717) is 13.2 Å². The van der Waals surface area contributed by atoms with Crippen LogP contribution in [-0.4, -0.2) is 31.0 Å². The first-order chi connectivity index (χ1) is 10.1. The summed E-state index contributed by atoms with van der Waals surface area (Å²) >= 11 is 0. The summed E-state index contributed by atoms with van der Waals surface area (Å²) in [6, 6.07) is 10.1. The predicted octanol–water partition coefficient (Wildman–Crippen LogP) is 2.29. The lowest BCUT2D eigenvalue weighted by Gasteiger charge is -2.37. The van der Waals surface area contributed by atoms with Crippen LogP contribution < -0.4 is 5.32 Å². The summed E-state index contributed by atoms with van der Waals surface area (Å²) in [6.45, 7) is 5.48. The highest BCUT2D eigenvalue weighted by Crippen LogP contribution is 2.37. The first kappa shape index (κ1) is 14.3. The molecule has 0 aliphatic carbocycles. The van der Waals surface area contributed by atoms with E-state index in [0.717, 1.165) is 18.7 Å². The van der Waals surface area contributed by atoms with Crippen molar-refractivity contribution in [3.05, 3.63) is 35.9 Å². The van der Waals surface area contributed by atoms with Crippen LogP contribution in [0.25, 0.3) is 0 Å². The molecule has 0 spiro atoms. The number of rotatable bonds is 3. The number of aliphatic imine (C=N–C) groups is 1. The number of amides is 1. The maximum Gasteiger partial charge on any atom is 0.250 e. The standard InChI is InChI=1S/C17H22N2O2/c1-12(2)14-15(20)19-16(18-14)17(8-10-21-11-9-17)13-6-4-3-5-7-13/h3-7,12,14H,8-11H2,1-2H3,(H,18,19,20). The summed E-state index contributed by atoms with van der Waals surface area (Å²) in [5.41, 5.74) is 1.01. The molecule has 3 rings (SSSR count). The zero-order chi connectivity index (χ0) is 14.9. The second kappa shape index (κ2) is 5.60. The Labute approximate surface area is 125 Å². The van der Waals surface area contributed by atoms with Gasteiger partial charge >= 0.3 is 0 Å². The van der Waals surface area contributed by atoms with E-state index in [-0.39, 0.29) is 23.3 Å². The van der Waals surface area contributed by atoms with Crippen molar-refractivity contribution in [2.75, 3.05) is 13.2 Å². The topological polar surface area (TPSA) is 50.7 Å². The Morgan fingerprint density at radius 3 is 2.48 bits per heavy atom. The number of hydrogen-bond donors (Lipinski definition) is 1. The van der Waals surface area contributed by atoms with Gasteiger partial charge in [0.1, 0.15) is 11.9 Å². The largest absolute Gasteiger partial charge is 0.381 e. The van der Waals surface area contributed by atoms with Crippen LogP contribution in [0.5, 0.6) is 0 Å².